The predicted molar refractivity (Wildman–Crippen MR) is 81.0 cm³/mol. The Morgan fingerprint density at radius 3 is 1.94 bits per heavy atom. The zero-order valence-corrected chi connectivity index (χ0v) is 12.8. The van der Waals surface area contributed by atoms with Crippen LogP contribution >= 0.6 is 11.8 Å². The molecule has 1 nitrogen and oxygen atoms in total. The van der Waals surface area contributed by atoms with Gasteiger partial charge in [-0.15, -0.1) is 0 Å². The second kappa shape index (κ2) is 16.3. The Kier molecular flexibility index (Phi) is 16.6. The monoisotopic (exact) mass is 260 g/mol. The summed E-state index contributed by atoms with van der Waals surface area (Å²) in [4.78, 5) is 0. The third-order valence-corrected chi connectivity index (χ3v) is 4.08. The van der Waals surface area contributed by atoms with Crippen molar-refractivity contribution in [3.63, 3.8) is 0 Å². The molecule has 17 heavy (non-hydrogen) atoms. The van der Waals surface area contributed by atoms with Crippen LogP contribution < -0.4 is 0 Å². The first-order chi connectivity index (χ1) is 8.41. The van der Waals surface area contributed by atoms with Gasteiger partial charge >= 0.3 is 0 Å². The second-order valence-corrected chi connectivity index (χ2v) is 5.86. The van der Waals surface area contributed by atoms with Crippen LogP contribution in [0.1, 0.15) is 71.6 Å². The summed E-state index contributed by atoms with van der Waals surface area (Å²) in [5, 5.41) is 0. The fourth-order valence-corrected chi connectivity index (χ4v) is 2.78. The van der Waals surface area contributed by atoms with Crippen molar-refractivity contribution in [1.29, 1.82) is 0 Å². The third-order valence-electron chi connectivity index (χ3n) is 2.92. The third kappa shape index (κ3) is 16.3. The van der Waals surface area contributed by atoms with E-state index < -0.39 is 0 Å². The van der Waals surface area contributed by atoms with Gasteiger partial charge in [-0.05, 0) is 31.3 Å². The molecule has 0 atom stereocenters. The highest BCUT2D eigenvalue weighted by Crippen LogP contribution is 2.11. The minimum Gasteiger partial charge on any atom is -0.382 e. The number of unbranched alkanes of at least 4 members (excludes halogenated alkanes) is 7. The van der Waals surface area contributed by atoms with Crippen molar-refractivity contribution in [2.45, 2.75) is 71.6 Å². The summed E-state index contributed by atoms with van der Waals surface area (Å²) in [7, 11) is 0. The summed E-state index contributed by atoms with van der Waals surface area (Å²) in [5.41, 5.74) is 0. The number of hydrogen-bond acceptors (Lipinski definition) is 2. The summed E-state index contributed by atoms with van der Waals surface area (Å²) >= 11 is 2.10. The van der Waals surface area contributed by atoms with Gasteiger partial charge in [0.25, 0.3) is 0 Å². The molecule has 0 aromatic heterocycles. The van der Waals surface area contributed by atoms with Crippen molar-refractivity contribution in [3.8, 4) is 0 Å². The fraction of sp³-hybridized carbons (Fsp3) is 1.00. The maximum atomic E-state index is 5.31. The zero-order valence-electron chi connectivity index (χ0n) is 12.0. The van der Waals surface area contributed by atoms with Crippen molar-refractivity contribution in [1.82, 2.24) is 0 Å². The van der Waals surface area contributed by atoms with Crippen molar-refractivity contribution in [2.75, 3.05) is 24.7 Å². The van der Waals surface area contributed by atoms with E-state index in [1.165, 1.54) is 69.3 Å². The first kappa shape index (κ1) is 17.3. The zero-order chi connectivity index (χ0) is 12.6. The molecular formula is C15H32OS. The molecule has 0 aliphatic rings. The minimum atomic E-state index is 0.864. The first-order valence-corrected chi connectivity index (χ1v) is 8.72. The van der Waals surface area contributed by atoms with Crippen molar-refractivity contribution in [2.24, 2.45) is 0 Å². The molecule has 0 aliphatic carbocycles. The predicted octanol–water partition coefficient (Wildman–Crippen LogP) is 5.29. The topological polar surface area (TPSA) is 9.23 Å². The summed E-state index contributed by atoms with van der Waals surface area (Å²) in [6, 6.07) is 0. The smallest absolute Gasteiger partial charge is 0.0473 e. The Morgan fingerprint density at radius 2 is 1.29 bits per heavy atom. The van der Waals surface area contributed by atoms with Gasteiger partial charge in [0.15, 0.2) is 0 Å². The van der Waals surface area contributed by atoms with Gasteiger partial charge in [-0.3, -0.25) is 0 Å². The highest BCUT2D eigenvalue weighted by atomic mass is 32.2. The molecule has 0 aromatic carbocycles. The number of hydrogen-bond donors (Lipinski definition) is 0. The van der Waals surface area contributed by atoms with E-state index in [0.717, 1.165) is 13.2 Å². The number of rotatable bonds is 14. The molecule has 0 fully saturated rings. The van der Waals surface area contributed by atoms with Crippen LogP contribution in [0.2, 0.25) is 0 Å². The molecule has 0 saturated carbocycles. The van der Waals surface area contributed by atoms with Gasteiger partial charge in [-0.1, -0.05) is 51.9 Å². The molecular weight excluding hydrogens is 228 g/mol. The molecule has 0 N–H and O–H groups in total. The molecule has 0 saturated heterocycles. The van der Waals surface area contributed by atoms with Crippen LogP contribution in [0.15, 0.2) is 0 Å². The summed E-state index contributed by atoms with van der Waals surface area (Å²) in [6.45, 7) is 6.15. The molecule has 0 unspecified atom stereocenters. The van der Waals surface area contributed by atoms with Gasteiger partial charge in [-0.25, -0.2) is 0 Å². The molecule has 0 aliphatic heterocycles. The van der Waals surface area contributed by atoms with Crippen LogP contribution in [0.4, 0.5) is 0 Å². The molecule has 104 valence electrons. The molecule has 0 amide bonds. The van der Waals surface area contributed by atoms with Crippen LogP contribution in [0.3, 0.4) is 0 Å². The van der Waals surface area contributed by atoms with E-state index in [0.29, 0.717) is 0 Å². The van der Waals surface area contributed by atoms with Gasteiger partial charge in [0.2, 0.25) is 0 Å². The van der Waals surface area contributed by atoms with Crippen LogP contribution in [0.5, 0.6) is 0 Å². The lowest BCUT2D eigenvalue weighted by Crippen LogP contribution is -1.95. The highest BCUT2D eigenvalue weighted by molar-refractivity contribution is 7.99. The van der Waals surface area contributed by atoms with Gasteiger partial charge in [0.1, 0.15) is 0 Å². The summed E-state index contributed by atoms with van der Waals surface area (Å²) < 4.78 is 5.31. The Balaban J connectivity index is 2.85. The molecule has 0 heterocycles. The molecule has 0 radical (unpaired) electrons. The molecule has 0 bridgehead atoms. The normalized spacial score (nSPS) is 10.9. The van der Waals surface area contributed by atoms with Gasteiger partial charge < -0.3 is 4.74 Å². The number of ether oxygens (including phenoxy) is 1. The van der Waals surface area contributed by atoms with Crippen LogP contribution in [-0.4, -0.2) is 24.7 Å². The fourth-order valence-electron chi connectivity index (χ4n) is 1.85. The van der Waals surface area contributed by atoms with E-state index in [1.54, 1.807) is 0 Å². The minimum absolute atomic E-state index is 0.864. The second-order valence-electron chi connectivity index (χ2n) is 4.64. The molecule has 0 aromatic rings. The summed E-state index contributed by atoms with van der Waals surface area (Å²) in [6.07, 6.45) is 12.7. The molecule has 0 rings (SSSR count). The summed E-state index contributed by atoms with van der Waals surface area (Å²) in [5.74, 6) is 2.62. The van der Waals surface area contributed by atoms with E-state index in [4.69, 9.17) is 4.74 Å². The van der Waals surface area contributed by atoms with Crippen LogP contribution in [0.25, 0.3) is 0 Å². The Hall–Kier alpha value is 0.310. The lowest BCUT2D eigenvalue weighted by atomic mass is 10.1. The standard InChI is InChI=1S/C15H32OS/c1-3-5-6-7-8-9-10-11-14-17-15-12-13-16-4-2/h3-15H2,1-2H3. The SMILES string of the molecule is CCCCCCCCCCSCCCOCC. The van der Waals surface area contributed by atoms with Crippen LogP contribution in [0, 0.1) is 0 Å². The Labute approximate surface area is 113 Å². The van der Waals surface area contributed by atoms with E-state index in [2.05, 4.69) is 25.6 Å². The van der Waals surface area contributed by atoms with Crippen molar-refractivity contribution in [3.05, 3.63) is 0 Å². The largest absolute Gasteiger partial charge is 0.382 e. The van der Waals surface area contributed by atoms with Gasteiger partial charge in [0, 0.05) is 13.2 Å². The quantitative estimate of drug-likeness (QED) is 0.393. The Morgan fingerprint density at radius 1 is 0.706 bits per heavy atom. The van der Waals surface area contributed by atoms with E-state index >= 15 is 0 Å². The average Bonchev–Trinajstić information content (AvgIpc) is 2.35. The van der Waals surface area contributed by atoms with Gasteiger partial charge in [0.05, 0.1) is 0 Å². The molecule has 0 spiro atoms. The Bertz CT molecular complexity index is 114. The van der Waals surface area contributed by atoms with E-state index in [9.17, 15) is 0 Å². The lowest BCUT2D eigenvalue weighted by molar-refractivity contribution is 0.149. The average molecular weight is 260 g/mol. The maximum Gasteiger partial charge on any atom is 0.0473 e. The van der Waals surface area contributed by atoms with Crippen molar-refractivity contribution < 1.29 is 4.74 Å². The van der Waals surface area contributed by atoms with E-state index in [1.807, 2.05) is 0 Å². The first-order valence-electron chi connectivity index (χ1n) is 7.57. The maximum absolute atomic E-state index is 5.31. The molecule has 2 heteroatoms. The van der Waals surface area contributed by atoms with Crippen molar-refractivity contribution >= 4 is 11.8 Å². The lowest BCUT2D eigenvalue weighted by Gasteiger charge is -2.03. The van der Waals surface area contributed by atoms with E-state index in [-0.39, 0.29) is 0 Å². The number of thioether (sulfide) groups is 1. The highest BCUT2D eigenvalue weighted by Gasteiger charge is 1.93. The van der Waals surface area contributed by atoms with Crippen LogP contribution in [-0.2, 0) is 4.74 Å². The van der Waals surface area contributed by atoms with Gasteiger partial charge in [-0.2, -0.15) is 11.8 Å².